The number of benzene rings is 1. The second-order valence-electron chi connectivity index (χ2n) is 3.37. The maximum Gasteiger partial charge on any atom is 0.225 e. The molecular weight excluding hydrogens is 192 g/mol. The van der Waals surface area contributed by atoms with Gasteiger partial charge in [0.15, 0.2) is 0 Å². The van der Waals surface area contributed by atoms with Gasteiger partial charge in [-0.05, 0) is 25.6 Å². The number of aryl methyl sites for hydroxylation is 1. The van der Waals surface area contributed by atoms with E-state index in [1.54, 1.807) is 32.2 Å². The molecule has 0 saturated heterocycles. The quantitative estimate of drug-likeness (QED) is 0.652. The molecule has 1 aromatic rings. The summed E-state index contributed by atoms with van der Waals surface area (Å²) >= 11 is 0. The highest BCUT2D eigenvalue weighted by Gasteiger charge is 2.06. The molecule has 0 aliphatic rings. The van der Waals surface area contributed by atoms with Crippen LogP contribution in [0, 0.1) is 6.92 Å². The minimum Gasteiger partial charge on any atom is -0.505 e. The van der Waals surface area contributed by atoms with Crippen LogP contribution in [0.25, 0.3) is 0 Å². The van der Waals surface area contributed by atoms with Crippen LogP contribution in [-0.4, -0.2) is 24.6 Å². The van der Waals surface area contributed by atoms with Crippen molar-refractivity contribution >= 4 is 11.6 Å². The number of phenols is 1. The number of para-hydroxylation sites is 1. The van der Waals surface area contributed by atoms with Gasteiger partial charge in [-0.3, -0.25) is 4.79 Å². The molecule has 1 amide bonds. The van der Waals surface area contributed by atoms with Crippen LogP contribution < -0.4 is 10.6 Å². The number of carbonyl (C=O) groups excluding carboxylic acids is 1. The molecule has 4 nitrogen and oxygen atoms in total. The molecule has 0 atom stereocenters. The van der Waals surface area contributed by atoms with Crippen molar-refractivity contribution in [1.29, 1.82) is 0 Å². The number of anilines is 1. The van der Waals surface area contributed by atoms with Crippen LogP contribution in [0.15, 0.2) is 18.2 Å². The molecule has 0 heterocycles. The third-order valence-electron chi connectivity index (χ3n) is 2.11. The van der Waals surface area contributed by atoms with Crippen LogP contribution in [0.5, 0.6) is 5.75 Å². The van der Waals surface area contributed by atoms with Crippen molar-refractivity contribution in [2.24, 2.45) is 0 Å². The van der Waals surface area contributed by atoms with Crippen LogP contribution >= 0.6 is 0 Å². The van der Waals surface area contributed by atoms with Crippen LogP contribution in [0.2, 0.25) is 0 Å². The summed E-state index contributed by atoms with van der Waals surface area (Å²) in [6.07, 6.45) is 0.393. The Balaban J connectivity index is 2.64. The monoisotopic (exact) mass is 208 g/mol. The third kappa shape index (κ3) is 3.25. The van der Waals surface area contributed by atoms with Gasteiger partial charge in [-0.15, -0.1) is 0 Å². The van der Waals surface area contributed by atoms with Gasteiger partial charge in [0, 0.05) is 13.0 Å². The maximum absolute atomic E-state index is 11.4. The molecule has 0 aromatic heterocycles. The summed E-state index contributed by atoms with van der Waals surface area (Å²) in [4.78, 5) is 11.4. The average Bonchev–Trinajstić information content (AvgIpc) is 2.22. The first kappa shape index (κ1) is 11.5. The number of hydrogen-bond donors (Lipinski definition) is 3. The second-order valence-corrected chi connectivity index (χ2v) is 3.37. The lowest BCUT2D eigenvalue weighted by Crippen LogP contribution is -2.18. The number of phenolic OH excluding ortho intramolecular Hbond substituents is 1. The Hall–Kier alpha value is -1.55. The molecule has 0 bridgehead atoms. The molecule has 0 unspecified atom stereocenters. The molecule has 0 fully saturated rings. The average molecular weight is 208 g/mol. The van der Waals surface area contributed by atoms with E-state index >= 15 is 0 Å². The Morgan fingerprint density at radius 3 is 2.87 bits per heavy atom. The molecule has 0 spiro atoms. The van der Waals surface area contributed by atoms with Crippen molar-refractivity contribution in [3.63, 3.8) is 0 Å². The Morgan fingerprint density at radius 1 is 1.47 bits per heavy atom. The van der Waals surface area contributed by atoms with Gasteiger partial charge >= 0.3 is 0 Å². The number of carbonyl (C=O) groups is 1. The summed E-state index contributed by atoms with van der Waals surface area (Å²) in [7, 11) is 1.79. The number of rotatable bonds is 4. The fourth-order valence-electron chi connectivity index (χ4n) is 1.21. The molecular formula is C11H16N2O2. The van der Waals surface area contributed by atoms with E-state index in [1.165, 1.54) is 0 Å². The highest BCUT2D eigenvalue weighted by Crippen LogP contribution is 2.26. The lowest BCUT2D eigenvalue weighted by molar-refractivity contribution is -0.116. The number of amides is 1. The van der Waals surface area contributed by atoms with Crippen molar-refractivity contribution in [3.8, 4) is 5.75 Å². The van der Waals surface area contributed by atoms with Crippen LogP contribution in [-0.2, 0) is 4.79 Å². The topological polar surface area (TPSA) is 61.4 Å². The van der Waals surface area contributed by atoms with Crippen LogP contribution in [0.1, 0.15) is 12.0 Å². The van der Waals surface area contributed by atoms with Gasteiger partial charge in [-0.2, -0.15) is 0 Å². The molecule has 0 radical (unpaired) electrons. The van der Waals surface area contributed by atoms with E-state index in [4.69, 9.17) is 0 Å². The van der Waals surface area contributed by atoms with Crippen LogP contribution in [0.3, 0.4) is 0 Å². The highest BCUT2D eigenvalue weighted by atomic mass is 16.3. The Bertz CT molecular complexity index is 350. The molecule has 1 rings (SSSR count). The Morgan fingerprint density at radius 2 is 2.20 bits per heavy atom. The minimum atomic E-state index is -0.106. The second kappa shape index (κ2) is 5.36. The van der Waals surface area contributed by atoms with E-state index in [1.807, 2.05) is 0 Å². The smallest absolute Gasteiger partial charge is 0.225 e. The largest absolute Gasteiger partial charge is 0.505 e. The zero-order chi connectivity index (χ0) is 11.3. The predicted octanol–water partition coefficient (Wildman–Crippen LogP) is 1.25. The lowest BCUT2D eigenvalue weighted by atomic mass is 10.2. The summed E-state index contributed by atoms with van der Waals surface area (Å²) in [6, 6.07) is 5.26. The maximum atomic E-state index is 11.4. The van der Waals surface area contributed by atoms with Gasteiger partial charge in [0.2, 0.25) is 5.91 Å². The molecule has 1 aromatic carbocycles. The summed E-state index contributed by atoms with van der Waals surface area (Å²) < 4.78 is 0. The molecule has 82 valence electrons. The zero-order valence-corrected chi connectivity index (χ0v) is 9.00. The number of aromatic hydroxyl groups is 1. The highest BCUT2D eigenvalue weighted by molar-refractivity contribution is 5.92. The number of hydrogen-bond acceptors (Lipinski definition) is 3. The normalized spacial score (nSPS) is 10.0. The van der Waals surface area contributed by atoms with Crippen molar-refractivity contribution < 1.29 is 9.90 Å². The SMILES string of the molecule is CNCCC(=O)Nc1cccc(C)c1O. The van der Waals surface area contributed by atoms with E-state index in [0.29, 0.717) is 18.7 Å². The zero-order valence-electron chi connectivity index (χ0n) is 9.00. The standard InChI is InChI=1S/C11H16N2O2/c1-8-4-3-5-9(11(8)15)13-10(14)6-7-12-2/h3-5,12,15H,6-7H2,1-2H3,(H,13,14). The van der Waals surface area contributed by atoms with Gasteiger partial charge in [0.25, 0.3) is 0 Å². The summed E-state index contributed by atoms with van der Waals surface area (Å²) in [5.74, 6) is 0.0283. The fourth-order valence-corrected chi connectivity index (χ4v) is 1.21. The first-order valence-corrected chi connectivity index (χ1v) is 4.88. The van der Waals surface area contributed by atoms with E-state index in [9.17, 15) is 9.90 Å². The van der Waals surface area contributed by atoms with E-state index in [0.717, 1.165) is 5.56 Å². The van der Waals surface area contributed by atoms with Gasteiger partial charge in [-0.25, -0.2) is 0 Å². The van der Waals surface area contributed by atoms with Crippen molar-refractivity contribution in [1.82, 2.24) is 5.32 Å². The number of nitrogens with one attached hydrogen (secondary N) is 2. The van der Waals surface area contributed by atoms with E-state index in [2.05, 4.69) is 10.6 Å². The summed E-state index contributed by atoms with van der Waals surface area (Å²) in [6.45, 7) is 2.41. The van der Waals surface area contributed by atoms with Gasteiger partial charge in [0.05, 0.1) is 5.69 Å². The van der Waals surface area contributed by atoms with Crippen molar-refractivity contribution in [2.75, 3.05) is 18.9 Å². The lowest BCUT2D eigenvalue weighted by Gasteiger charge is -2.08. The van der Waals surface area contributed by atoms with Gasteiger partial charge in [0.1, 0.15) is 5.75 Å². The van der Waals surface area contributed by atoms with Crippen LogP contribution in [0.4, 0.5) is 5.69 Å². The van der Waals surface area contributed by atoms with E-state index < -0.39 is 0 Å². The van der Waals surface area contributed by atoms with Gasteiger partial charge < -0.3 is 15.7 Å². The first-order chi connectivity index (χ1) is 7.15. The van der Waals surface area contributed by atoms with Crippen molar-refractivity contribution in [3.05, 3.63) is 23.8 Å². The van der Waals surface area contributed by atoms with Crippen molar-refractivity contribution in [2.45, 2.75) is 13.3 Å². The van der Waals surface area contributed by atoms with Gasteiger partial charge in [-0.1, -0.05) is 12.1 Å². The molecule has 3 N–H and O–H groups in total. The Kier molecular flexibility index (Phi) is 4.12. The molecule has 0 aliphatic carbocycles. The molecule has 0 saturated carbocycles. The summed E-state index contributed by atoms with van der Waals surface area (Å²) in [5.41, 5.74) is 1.22. The fraction of sp³-hybridized carbons (Fsp3) is 0.364. The Labute approximate surface area is 89.3 Å². The third-order valence-corrected chi connectivity index (χ3v) is 2.11. The molecule has 0 aliphatic heterocycles. The summed E-state index contributed by atoms with van der Waals surface area (Å²) in [5, 5.41) is 15.2. The molecule has 15 heavy (non-hydrogen) atoms. The minimum absolute atomic E-state index is 0.106. The molecule has 4 heteroatoms. The predicted molar refractivity (Wildman–Crippen MR) is 60.0 cm³/mol. The van der Waals surface area contributed by atoms with E-state index in [-0.39, 0.29) is 11.7 Å². The first-order valence-electron chi connectivity index (χ1n) is 4.88.